The van der Waals surface area contributed by atoms with Crippen LogP contribution in [0.2, 0.25) is 0 Å². The van der Waals surface area contributed by atoms with Crippen LogP contribution < -0.4 is 5.43 Å². The Kier molecular flexibility index (Phi) is 4.49. The molecule has 2 atom stereocenters. The van der Waals surface area contributed by atoms with Crippen molar-refractivity contribution in [1.29, 1.82) is 0 Å². The average Bonchev–Trinajstić information content (AvgIpc) is 3.01. The number of likely N-dealkylation sites (N-methyl/N-ethyl adjacent to an activating group) is 1. The van der Waals surface area contributed by atoms with Crippen LogP contribution in [0.25, 0.3) is 22.3 Å². The zero-order valence-corrected chi connectivity index (χ0v) is 15.3. The van der Waals surface area contributed by atoms with Gasteiger partial charge in [0.15, 0.2) is 5.43 Å². The molecule has 4 rings (SSSR count). The maximum Gasteiger partial charge on any atom is 0.197 e. The Bertz CT molecular complexity index is 1110. The zero-order chi connectivity index (χ0) is 20.0. The number of aromatic hydroxyl groups is 3. The van der Waals surface area contributed by atoms with Gasteiger partial charge in [0, 0.05) is 29.7 Å². The van der Waals surface area contributed by atoms with Gasteiger partial charge in [0.1, 0.15) is 34.0 Å². The quantitative estimate of drug-likeness (QED) is 0.549. The van der Waals surface area contributed by atoms with E-state index in [1.54, 1.807) is 18.2 Å². The van der Waals surface area contributed by atoms with Crippen LogP contribution in [0.4, 0.5) is 0 Å². The fourth-order valence-electron chi connectivity index (χ4n) is 4.11. The van der Waals surface area contributed by atoms with Gasteiger partial charge in [-0.1, -0.05) is 12.1 Å². The number of para-hydroxylation sites is 1. The van der Waals surface area contributed by atoms with Gasteiger partial charge in [-0.25, -0.2) is 0 Å². The van der Waals surface area contributed by atoms with Crippen LogP contribution in [0.1, 0.15) is 17.9 Å². The lowest BCUT2D eigenvalue weighted by molar-refractivity contribution is 0.172. The summed E-state index contributed by atoms with van der Waals surface area (Å²) in [6.07, 6.45) is 0.652. The van der Waals surface area contributed by atoms with Crippen molar-refractivity contribution in [2.75, 3.05) is 20.2 Å². The molecule has 0 bridgehead atoms. The average molecular weight is 383 g/mol. The zero-order valence-electron chi connectivity index (χ0n) is 15.3. The monoisotopic (exact) mass is 383 g/mol. The van der Waals surface area contributed by atoms with Crippen molar-refractivity contribution in [3.05, 3.63) is 52.2 Å². The molecule has 7 nitrogen and oxygen atoms in total. The van der Waals surface area contributed by atoms with Crippen LogP contribution in [0.5, 0.6) is 17.2 Å². The first-order valence-electron chi connectivity index (χ1n) is 9.04. The van der Waals surface area contributed by atoms with E-state index in [0.29, 0.717) is 24.1 Å². The molecule has 0 unspecified atom stereocenters. The number of phenols is 3. The highest BCUT2D eigenvalue weighted by atomic mass is 16.3. The van der Waals surface area contributed by atoms with Crippen molar-refractivity contribution in [2.45, 2.75) is 18.4 Å². The normalized spacial score (nSPS) is 20.1. The Labute approximate surface area is 160 Å². The topological polar surface area (TPSA) is 114 Å². The highest BCUT2D eigenvalue weighted by Crippen LogP contribution is 2.44. The van der Waals surface area contributed by atoms with E-state index in [9.17, 15) is 25.2 Å². The third kappa shape index (κ3) is 2.80. The Balaban J connectivity index is 2.03. The second kappa shape index (κ2) is 6.85. The van der Waals surface area contributed by atoms with Gasteiger partial charge in [-0.2, -0.15) is 0 Å². The van der Waals surface area contributed by atoms with Crippen molar-refractivity contribution >= 4 is 11.0 Å². The van der Waals surface area contributed by atoms with E-state index in [0.717, 1.165) is 6.07 Å². The molecule has 0 spiro atoms. The molecule has 146 valence electrons. The third-order valence-electron chi connectivity index (χ3n) is 5.55. The number of fused-ring (bicyclic) bond motifs is 1. The summed E-state index contributed by atoms with van der Waals surface area (Å²) in [5.74, 6) is -0.763. The number of rotatable bonds is 3. The van der Waals surface area contributed by atoms with Crippen LogP contribution in [0, 0.1) is 0 Å². The Morgan fingerprint density at radius 2 is 1.86 bits per heavy atom. The number of benzene rings is 2. The summed E-state index contributed by atoms with van der Waals surface area (Å²) < 4.78 is 5.96. The van der Waals surface area contributed by atoms with Gasteiger partial charge in [0.2, 0.25) is 0 Å². The van der Waals surface area contributed by atoms with E-state index >= 15 is 0 Å². The number of hydrogen-bond donors (Lipinski definition) is 4. The van der Waals surface area contributed by atoms with Crippen molar-refractivity contribution < 1.29 is 24.8 Å². The molecule has 7 heteroatoms. The number of nitrogens with zero attached hydrogens (tertiary/aromatic N) is 1. The second-order valence-electron chi connectivity index (χ2n) is 7.15. The maximum atomic E-state index is 12.8. The summed E-state index contributed by atoms with van der Waals surface area (Å²) in [4.78, 5) is 14.7. The van der Waals surface area contributed by atoms with E-state index < -0.39 is 5.43 Å². The predicted molar refractivity (Wildman–Crippen MR) is 104 cm³/mol. The molecule has 1 fully saturated rings. The minimum Gasteiger partial charge on any atom is -0.507 e. The first-order valence-corrected chi connectivity index (χ1v) is 9.04. The molecule has 3 aromatic rings. The molecule has 2 heterocycles. The van der Waals surface area contributed by atoms with E-state index in [4.69, 9.17) is 4.42 Å². The molecular formula is C21H21NO6. The standard InChI is InChI=1S/C21H21NO6/c1-22-7-6-11(13(22)10-23)19-15(25)8-16(26)20-17(27)9-18(28-21(19)20)12-4-2-3-5-14(12)24/h2-5,8-9,11,13,23-26H,6-7,10H2,1H3/t11-,13+/m0/s1. The summed E-state index contributed by atoms with van der Waals surface area (Å²) in [6, 6.07) is 8.55. The molecule has 0 amide bonds. The van der Waals surface area contributed by atoms with Crippen molar-refractivity contribution in [3.63, 3.8) is 0 Å². The molecule has 4 N–H and O–H groups in total. The fourth-order valence-corrected chi connectivity index (χ4v) is 4.11. The predicted octanol–water partition coefficient (Wildman–Crippen LogP) is 2.36. The van der Waals surface area contributed by atoms with E-state index in [2.05, 4.69) is 0 Å². The Hall–Kier alpha value is -3.03. The van der Waals surface area contributed by atoms with Gasteiger partial charge in [0.25, 0.3) is 0 Å². The number of hydrogen-bond acceptors (Lipinski definition) is 7. The van der Waals surface area contributed by atoms with Gasteiger partial charge in [-0.05, 0) is 32.1 Å². The molecule has 2 aromatic carbocycles. The molecule has 0 radical (unpaired) electrons. The van der Waals surface area contributed by atoms with Crippen LogP contribution in [-0.4, -0.2) is 51.6 Å². The molecule has 0 aliphatic carbocycles. The summed E-state index contributed by atoms with van der Waals surface area (Å²) in [5.41, 5.74) is 0.301. The van der Waals surface area contributed by atoms with Crippen LogP contribution in [0.15, 0.2) is 45.6 Å². The van der Waals surface area contributed by atoms with Gasteiger partial charge in [0.05, 0.1) is 12.2 Å². The SMILES string of the molecule is CN1CC[C@H](c2c(O)cc(O)c3c(=O)cc(-c4ccccc4O)oc23)[C@H]1CO. The highest BCUT2D eigenvalue weighted by molar-refractivity contribution is 5.90. The highest BCUT2D eigenvalue weighted by Gasteiger charge is 2.36. The first kappa shape index (κ1) is 18.3. The van der Waals surface area contributed by atoms with Gasteiger partial charge in [-0.3, -0.25) is 4.79 Å². The molecular weight excluding hydrogens is 362 g/mol. The lowest BCUT2D eigenvalue weighted by atomic mass is 9.89. The first-order chi connectivity index (χ1) is 13.4. The Morgan fingerprint density at radius 3 is 2.57 bits per heavy atom. The van der Waals surface area contributed by atoms with Gasteiger partial charge < -0.3 is 29.7 Å². The van der Waals surface area contributed by atoms with Crippen LogP contribution in [-0.2, 0) is 0 Å². The molecule has 0 saturated carbocycles. The number of aliphatic hydroxyl groups is 1. The second-order valence-corrected chi connectivity index (χ2v) is 7.15. The minimum absolute atomic E-state index is 0.0294. The fraction of sp³-hybridized carbons (Fsp3) is 0.286. The lowest BCUT2D eigenvalue weighted by Gasteiger charge is -2.24. The molecule has 1 aromatic heterocycles. The maximum absolute atomic E-state index is 12.8. The van der Waals surface area contributed by atoms with Crippen LogP contribution in [0.3, 0.4) is 0 Å². The van der Waals surface area contributed by atoms with E-state index in [1.165, 1.54) is 12.1 Å². The summed E-state index contributed by atoms with van der Waals surface area (Å²) in [6.45, 7) is 0.591. The summed E-state index contributed by atoms with van der Waals surface area (Å²) >= 11 is 0. The van der Waals surface area contributed by atoms with Crippen molar-refractivity contribution in [1.82, 2.24) is 4.90 Å². The smallest absolute Gasteiger partial charge is 0.197 e. The number of likely N-dealkylation sites (tertiary alicyclic amines) is 1. The van der Waals surface area contributed by atoms with Gasteiger partial charge >= 0.3 is 0 Å². The van der Waals surface area contributed by atoms with E-state index in [-0.39, 0.29) is 52.5 Å². The molecule has 1 aliphatic heterocycles. The summed E-state index contributed by atoms with van der Waals surface area (Å²) in [5, 5.41) is 40.8. The van der Waals surface area contributed by atoms with Crippen LogP contribution >= 0.6 is 0 Å². The van der Waals surface area contributed by atoms with Crippen molar-refractivity contribution in [2.24, 2.45) is 0 Å². The third-order valence-corrected chi connectivity index (χ3v) is 5.55. The minimum atomic E-state index is -0.481. The largest absolute Gasteiger partial charge is 0.507 e. The molecule has 28 heavy (non-hydrogen) atoms. The van der Waals surface area contributed by atoms with Gasteiger partial charge in [-0.15, -0.1) is 0 Å². The number of phenolic OH excluding ortho intramolecular Hbond substituents is 3. The summed E-state index contributed by atoms with van der Waals surface area (Å²) in [7, 11) is 1.88. The van der Waals surface area contributed by atoms with Crippen molar-refractivity contribution in [3.8, 4) is 28.6 Å². The Morgan fingerprint density at radius 1 is 1.11 bits per heavy atom. The lowest BCUT2D eigenvalue weighted by Crippen LogP contribution is -2.32. The molecule has 1 saturated heterocycles. The van der Waals surface area contributed by atoms with E-state index in [1.807, 2.05) is 11.9 Å². The molecule has 1 aliphatic rings. The number of aliphatic hydroxyl groups excluding tert-OH is 1.